The van der Waals surface area contributed by atoms with E-state index in [1.165, 1.54) is 5.69 Å². The van der Waals surface area contributed by atoms with Gasteiger partial charge in [0.2, 0.25) is 0 Å². The number of amidine groups is 1. The summed E-state index contributed by atoms with van der Waals surface area (Å²) >= 11 is 5.63. The van der Waals surface area contributed by atoms with Crippen molar-refractivity contribution in [3.8, 4) is 0 Å². The quantitative estimate of drug-likeness (QED) is 0.519. The fourth-order valence-electron chi connectivity index (χ4n) is 2.71. The Hall–Kier alpha value is -1.30. The normalized spacial score (nSPS) is 21.4. The summed E-state index contributed by atoms with van der Waals surface area (Å²) in [5.74, 6) is 0.704. The minimum absolute atomic E-state index is 0.259. The number of nitrogens with zero attached hydrogens (tertiary/aromatic N) is 3. The van der Waals surface area contributed by atoms with Gasteiger partial charge in [0.1, 0.15) is 5.84 Å². The van der Waals surface area contributed by atoms with Crippen molar-refractivity contribution in [2.45, 2.75) is 6.04 Å². The van der Waals surface area contributed by atoms with Gasteiger partial charge in [-0.05, 0) is 24.3 Å². The zero-order valence-electron chi connectivity index (χ0n) is 12.0. The average Bonchev–Trinajstić information content (AvgIpc) is 2.47. The number of nitrogens with two attached hydrogens (primary N) is 1. The number of piperazine rings is 1. The second kappa shape index (κ2) is 6.64. The Morgan fingerprint density at radius 2 is 1.86 bits per heavy atom. The van der Waals surface area contributed by atoms with Crippen molar-refractivity contribution in [2.24, 2.45) is 10.7 Å². The second-order valence-corrected chi connectivity index (χ2v) is 5.73. The number of alkyl halides is 1. The van der Waals surface area contributed by atoms with E-state index < -0.39 is 0 Å². The standard InChI is InChI=1S/C15H21ClN4O/c16-9-15(17)18-12-1-3-13(4-2-12)19-5-7-20(8-6-19)14-10-21-11-14/h1-4,14H,5-11H2,(H2,17,18). The van der Waals surface area contributed by atoms with E-state index in [9.17, 15) is 0 Å². The molecule has 0 spiro atoms. The molecule has 6 heteroatoms. The van der Waals surface area contributed by atoms with E-state index in [1.54, 1.807) is 0 Å². The lowest BCUT2D eigenvalue weighted by atomic mass is 10.1. The van der Waals surface area contributed by atoms with E-state index in [1.807, 2.05) is 12.1 Å². The predicted octanol–water partition coefficient (Wildman–Crippen LogP) is 1.43. The average molecular weight is 309 g/mol. The Morgan fingerprint density at radius 3 is 2.38 bits per heavy atom. The molecule has 0 radical (unpaired) electrons. The Balaban J connectivity index is 1.57. The molecule has 2 N–H and O–H groups in total. The van der Waals surface area contributed by atoms with Gasteiger partial charge < -0.3 is 15.4 Å². The topological polar surface area (TPSA) is 54.1 Å². The summed E-state index contributed by atoms with van der Waals surface area (Å²) in [6, 6.07) is 8.81. The van der Waals surface area contributed by atoms with Crippen LogP contribution in [0.2, 0.25) is 0 Å². The fourth-order valence-corrected chi connectivity index (χ4v) is 2.77. The van der Waals surface area contributed by atoms with Crippen molar-refractivity contribution in [1.82, 2.24) is 4.90 Å². The van der Waals surface area contributed by atoms with E-state index in [2.05, 4.69) is 26.9 Å². The first-order chi connectivity index (χ1) is 10.3. The number of ether oxygens (including phenoxy) is 1. The van der Waals surface area contributed by atoms with Crippen molar-refractivity contribution in [2.75, 3.05) is 50.2 Å². The van der Waals surface area contributed by atoms with Crippen molar-refractivity contribution in [3.63, 3.8) is 0 Å². The molecule has 0 aliphatic carbocycles. The van der Waals surface area contributed by atoms with E-state index >= 15 is 0 Å². The van der Waals surface area contributed by atoms with Crippen LogP contribution in [0.1, 0.15) is 0 Å². The number of rotatable bonds is 4. The van der Waals surface area contributed by atoms with Gasteiger partial charge in [-0.3, -0.25) is 4.90 Å². The summed E-state index contributed by atoms with van der Waals surface area (Å²) in [4.78, 5) is 9.18. The van der Waals surface area contributed by atoms with Crippen LogP contribution in [0.4, 0.5) is 11.4 Å². The van der Waals surface area contributed by atoms with E-state index in [4.69, 9.17) is 22.1 Å². The maximum Gasteiger partial charge on any atom is 0.115 e. The zero-order valence-corrected chi connectivity index (χ0v) is 12.8. The number of hydrogen-bond acceptors (Lipinski definition) is 4. The molecule has 0 aromatic heterocycles. The van der Waals surface area contributed by atoms with Crippen molar-refractivity contribution >= 4 is 28.8 Å². The van der Waals surface area contributed by atoms with Gasteiger partial charge in [-0.15, -0.1) is 11.6 Å². The molecule has 0 unspecified atom stereocenters. The molecule has 0 atom stereocenters. The molecule has 21 heavy (non-hydrogen) atoms. The van der Waals surface area contributed by atoms with Gasteiger partial charge in [0.25, 0.3) is 0 Å². The first kappa shape index (κ1) is 14.6. The summed E-state index contributed by atoms with van der Waals surface area (Å²) in [5, 5.41) is 0. The molecule has 2 fully saturated rings. The second-order valence-electron chi connectivity index (χ2n) is 5.47. The first-order valence-corrected chi connectivity index (χ1v) is 7.85. The Labute approximate surface area is 130 Å². The molecule has 2 aliphatic rings. The molecule has 0 saturated carbocycles. The van der Waals surface area contributed by atoms with Crippen LogP contribution in [0.3, 0.4) is 0 Å². The van der Waals surface area contributed by atoms with Crippen LogP contribution in [0.25, 0.3) is 0 Å². The third-order valence-electron chi connectivity index (χ3n) is 4.08. The molecule has 3 rings (SSSR count). The van der Waals surface area contributed by atoms with E-state index in [-0.39, 0.29) is 5.88 Å². The molecular formula is C15H21ClN4O. The lowest BCUT2D eigenvalue weighted by Crippen LogP contribution is -2.56. The molecule has 0 amide bonds. The van der Waals surface area contributed by atoms with Gasteiger partial charge in [-0.25, -0.2) is 4.99 Å². The Morgan fingerprint density at radius 1 is 1.19 bits per heavy atom. The van der Waals surface area contributed by atoms with E-state index in [0.29, 0.717) is 11.9 Å². The van der Waals surface area contributed by atoms with Crippen LogP contribution in [0.15, 0.2) is 29.3 Å². The SMILES string of the molecule is NC(CCl)=Nc1ccc(N2CCN(C3COC3)CC2)cc1. The third kappa shape index (κ3) is 3.48. The van der Waals surface area contributed by atoms with E-state index in [0.717, 1.165) is 45.1 Å². The van der Waals surface area contributed by atoms with Gasteiger partial charge in [0.05, 0.1) is 30.8 Å². The summed E-state index contributed by atoms with van der Waals surface area (Å²) < 4.78 is 5.27. The monoisotopic (exact) mass is 308 g/mol. The lowest BCUT2D eigenvalue weighted by Gasteiger charge is -2.43. The molecule has 2 heterocycles. The van der Waals surface area contributed by atoms with Crippen LogP contribution in [-0.4, -0.2) is 62.1 Å². The smallest absolute Gasteiger partial charge is 0.115 e. The minimum Gasteiger partial charge on any atom is -0.386 e. The largest absolute Gasteiger partial charge is 0.386 e. The van der Waals surface area contributed by atoms with Crippen LogP contribution in [0, 0.1) is 0 Å². The van der Waals surface area contributed by atoms with Gasteiger partial charge in [-0.2, -0.15) is 0 Å². The molecule has 2 aliphatic heterocycles. The van der Waals surface area contributed by atoms with Crippen molar-refractivity contribution in [1.29, 1.82) is 0 Å². The van der Waals surface area contributed by atoms with Crippen molar-refractivity contribution in [3.05, 3.63) is 24.3 Å². The van der Waals surface area contributed by atoms with Crippen LogP contribution < -0.4 is 10.6 Å². The van der Waals surface area contributed by atoms with Gasteiger partial charge in [0.15, 0.2) is 0 Å². The van der Waals surface area contributed by atoms with Gasteiger partial charge in [0, 0.05) is 31.9 Å². The highest BCUT2D eigenvalue weighted by Crippen LogP contribution is 2.22. The fraction of sp³-hybridized carbons (Fsp3) is 0.533. The molecular weight excluding hydrogens is 288 g/mol. The van der Waals surface area contributed by atoms with Gasteiger partial charge >= 0.3 is 0 Å². The van der Waals surface area contributed by atoms with Crippen LogP contribution in [0.5, 0.6) is 0 Å². The van der Waals surface area contributed by atoms with Crippen LogP contribution >= 0.6 is 11.6 Å². The number of aliphatic imine (C=N–C) groups is 1. The molecule has 5 nitrogen and oxygen atoms in total. The third-order valence-corrected chi connectivity index (χ3v) is 4.35. The highest BCUT2D eigenvalue weighted by molar-refractivity contribution is 6.28. The van der Waals surface area contributed by atoms with Crippen LogP contribution in [-0.2, 0) is 4.74 Å². The highest BCUT2D eigenvalue weighted by Gasteiger charge is 2.28. The number of hydrogen-bond donors (Lipinski definition) is 1. The summed E-state index contributed by atoms with van der Waals surface area (Å²) in [5.41, 5.74) is 7.73. The lowest BCUT2D eigenvalue weighted by molar-refractivity contribution is -0.0660. The molecule has 1 aromatic rings. The molecule has 1 aromatic carbocycles. The minimum atomic E-state index is 0.259. The molecule has 114 valence electrons. The summed E-state index contributed by atoms with van der Waals surface area (Å²) in [6.07, 6.45) is 0. The van der Waals surface area contributed by atoms with Crippen molar-refractivity contribution < 1.29 is 4.74 Å². The predicted molar refractivity (Wildman–Crippen MR) is 86.8 cm³/mol. The maximum absolute atomic E-state index is 5.64. The van der Waals surface area contributed by atoms with Gasteiger partial charge in [-0.1, -0.05) is 0 Å². The Bertz CT molecular complexity index is 493. The Kier molecular flexibility index (Phi) is 4.63. The number of benzene rings is 1. The summed E-state index contributed by atoms with van der Waals surface area (Å²) in [6.45, 7) is 6.12. The highest BCUT2D eigenvalue weighted by atomic mass is 35.5. The number of anilines is 1. The zero-order chi connectivity index (χ0) is 14.7. The maximum atomic E-state index is 5.64. The number of halogens is 1. The first-order valence-electron chi connectivity index (χ1n) is 7.32. The summed E-state index contributed by atoms with van der Waals surface area (Å²) in [7, 11) is 0. The molecule has 0 bridgehead atoms. The molecule has 2 saturated heterocycles.